The van der Waals surface area contributed by atoms with Gasteiger partial charge in [0.2, 0.25) is 0 Å². The summed E-state index contributed by atoms with van der Waals surface area (Å²) in [6.45, 7) is 5.52. The van der Waals surface area contributed by atoms with Crippen molar-refractivity contribution >= 4 is 5.91 Å². The summed E-state index contributed by atoms with van der Waals surface area (Å²) in [7, 11) is 0. The van der Waals surface area contributed by atoms with E-state index in [4.69, 9.17) is 0 Å². The van der Waals surface area contributed by atoms with Crippen molar-refractivity contribution < 1.29 is 9.90 Å². The first-order chi connectivity index (χ1) is 9.98. The molecule has 0 saturated heterocycles. The lowest BCUT2D eigenvalue weighted by Gasteiger charge is -2.36. The summed E-state index contributed by atoms with van der Waals surface area (Å²) < 4.78 is 2.00. The molecule has 3 rings (SSSR count). The Labute approximate surface area is 125 Å². The van der Waals surface area contributed by atoms with Gasteiger partial charge in [-0.15, -0.1) is 0 Å². The summed E-state index contributed by atoms with van der Waals surface area (Å²) in [5, 5.41) is 17.4. The topological polar surface area (TPSA) is 67.2 Å². The van der Waals surface area contributed by atoms with Gasteiger partial charge in [-0.3, -0.25) is 9.48 Å². The first kappa shape index (κ1) is 14.6. The molecule has 1 aromatic rings. The maximum atomic E-state index is 12.4. The highest BCUT2D eigenvalue weighted by atomic mass is 16.3. The van der Waals surface area contributed by atoms with Crippen LogP contribution in [0.1, 0.15) is 67.9 Å². The van der Waals surface area contributed by atoms with Crippen LogP contribution < -0.4 is 5.32 Å². The smallest absolute Gasteiger partial charge is 0.254 e. The first-order valence-corrected chi connectivity index (χ1v) is 8.05. The van der Waals surface area contributed by atoms with Crippen molar-refractivity contribution in [1.82, 2.24) is 15.1 Å². The molecule has 116 valence electrons. The van der Waals surface area contributed by atoms with Gasteiger partial charge in [0.1, 0.15) is 0 Å². The van der Waals surface area contributed by atoms with Gasteiger partial charge in [0.15, 0.2) is 0 Å². The van der Waals surface area contributed by atoms with Crippen LogP contribution in [0.15, 0.2) is 6.20 Å². The van der Waals surface area contributed by atoms with Gasteiger partial charge in [-0.1, -0.05) is 13.8 Å². The number of rotatable bonds is 6. The third kappa shape index (κ3) is 3.12. The second-order valence-corrected chi connectivity index (χ2v) is 7.05. The molecule has 0 radical (unpaired) electrons. The van der Waals surface area contributed by atoms with Crippen molar-refractivity contribution in [2.75, 3.05) is 6.54 Å². The van der Waals surface area contributed by atoms with Gasteiger partial charge in [0.05, 0.1) is 23.1 Å². The average Bonchev–Trinajstić information content (AvgIpc) is 3.15. The van der Waals surface area contributed by atoms with Crippen molar-refractivity contribution in [3.05, 3.63) is 17.5 Å². The van der Waals surface area contributed by atoms with Gasteiger partial charge >= 0.3 is 0 Å². The lowest BCUT2D eigenvalue weighted by Crippen LogP contribution is -2.47. The second kappa shape index (κ2) is 5.44. The van der Waals surface area contributed by atoms with E-state index in [-0.39, 0.29) is 5.91 Å². The van der Waals surface area contributed by atoms with Crippen LogP contribution in [-0.2, 0) is 6.54 Å². The summed E-state index contributed by atoms with van der Waals surface area (Å²) in [6, 6.07) is 0. The van der Waals surface area contributed by atoms with E-state index in [1.54, 1.807) is 6.20 Å². The SMILES string of the molecule is CC(C)Cn1ncc(C(=O)NCC2(O)CCC2)c1C1CC1. The molecule has 2 N–H and O–H groups in total. The largest absolute Gasteiger partial charge is 0.388 e. The lowest BCUT2D eigenvalue weighted by molar-refractivity contribution is -0.0300. The second-order valence-electron chi connectivity index (χ2n) is 7.05. The lowest BCUT2D eigenvalue weighted by atomic mass is 9.80. The minimum atomic E-state index is -0.677. The number of aromatic nitrogens is 2. The van der Waals surface area contributed by atoms with Crippen LogP contribution in [0, 0.1) is 5.92 Å². The summed E-state index contributed by atoms with van der Waals surface area (Å²) in [6.07, 6.45) is 6.61. The Kier molecular flexibility index (Phi) is 3.78. The van der Waals surface area contributed by atoms with Crippen molar-refractivity contribution in [3.8, 4) is 0 Å². The number of hydrogen-bond donors (Lipinski definition) is 2. The van der Waals surface area contributed by atoms with Crippen molar-refractivity contribution in [1.29, 1.82) is 0 Å². The van der Waals surface area contributed by atoms with Gasteiger partial charge in [-0.2, -0.15) is 5.10 Å². The van der Waals surface area contributed by atoms with Crippen LogP contribution in [0.2, 0.25) is 0 Å². The van der Waals surface area contributed by atoms with Gasteiger partial charge < -0.3 is 10.4 Å². The fourth-order valence-electron chi connectivity index (χ4n) is 2.95. The van der Waals surface area contributed by atoms with Gasteiger partial charge in [-0.05, 0) is 38.0 Å². The minimum absolute atomic E-state index is 0.0905. The van der Waals surface area contributed by atoms with E-state index in [0.29, 0.717) is 23.9 Å². The molecule has 2 fully saturated rings. The zero-order chi connectivity index (χ0) is 15.0. The summed E-state index contributed by atoms with van der Waals surface area (Å²) in [4.78, 5) is 12.4. The van der Waals surface area contributed by atoms with E-state index in [1.807, 2.05) is 4.68 Å². The fraction of sp³-hybridized carbons (Fsp3) is 0.750. The number of nitrogens with one attached hydrogen (secondary N) is 1. The number of aliphatic hydroxyl groups is 1. The van der Waals surface area contributed by atoms with Gasteiger partial charge in [0, 0.05) is 19.0 Å². The zero-order valence-electron chi connectivity index (χ0n) is 12.9. The highest BCUT2D eigenvalue weighted by molar-refractivity contribution is 5.95. The van der Waals surface area contributed by atoms with Crippen LogP contribution in [0.25, 0.3) is 0 Å². The standard InChI is InChI=1S/C16H25N3O2/c1-11(2)9-19-14(12-4-5-12)13(8-18-19)15(20)17-10-16(21)6-3-7-16/h8,11-12,21H,3-7,9-10H2,1-2H3,(H,17,20). The molecule has 0 spiro atoms. The van der Waals surface area contributed by atoms with Crippen LogP contribution in [0.3, 0.4) is 0 Å². The summed E-state index contributed by atoms with van der Waals surface area (Å²) in [5.74, 6) is 0.903. The molecule has 2 aliphatic rings. The maximum absolute atomic E-state index is 12.4. The molecular weight excluding hydrogens is 266 g/mol. The Morgan fingerprint density at radius 1 is 1.52 bits per heavy atom. The first-order valence-electron chi connectivity index (χ1n) is 8.05. The molecule has 1 aromatic heterocycles. The van der Waals surface area contributed by atoms with E-state index >= 15 is 0 Å². The van der Waals surface area contributed by atoms with E-state index in [9.17, 15) is 9.90 Å². The Morgan fingerprint density at radius 3 is 2.76 bits per heavy atom. The van der Waals surface area contributed by atoms with Crippen molar-refractivity contribution in [3.63, 3.8) is 0 Å². The fourth-order valence-corrected chi connectivity index (χ4v) is 2.95. The molecule has 5 heteroatoms. The van der Waals surface area contributed by atoms with Crippen molar-refractivity contribution in [2.24, 2.45) is 5.92 Å². The predicted octanol–water partition coefficient (Wildman–Crippen LogP) is 2.06. The summed E-state index contributed by atoms with van der Waals surface area (Å²) in [5.41, 5.74) is 1.10. The monoisotopic (exact) mass is 291 g/mol. The quantitative estimate of drug-likeness (QED) is 0.843. The molecule has 1 amide bonds. The van der Waals surface area contributed by atoms with Gasteiger partial charge in [-0.25, -0.2) is 0 Å². The maximum Gasteiger partial charge on any atom is 0.254 e. The predicted molar refractivity (Wildman–Crippen MR) is 80.2 cm³/mol. The molecular formula is C16H25N3O2. The van der Waals surface area contributed by atoms with E-state index in [1.165, 1.54) is 0 Å². The normalized spacial score (nSPS) is 20.4. The van der Waals surface area contributed by atoms with Crippen LogP contribution in [0.4, 0.5) is 0 Å². The molecule has 0 unspecified atom stereocenters. The number of nitrogens with zero attached hydrogens (tertiary/aromatic N) is 2. The van der Waals surface area contributed by atoms with E-state index < -0.39 is 5.60 Å². The number of amides is 1. The highest BCUT2D eigenvalue weighted by Crippen LogP contribution is 2.42. The molecule has 0 aliphatic heterocycles. The van der Waals surface area contributed by atoms with Crippen LogP contribution in [-0.4, -0.2) is 32.9 Å². The molecule has 0 bridgehead atoms. The molecule has 0 aromatic carbocycles. The number of carbonyl (C=O) groups excluding carboxylic acids is 1. The molecule has 2 aliphatic carbocycles. The zero-order valence-corrected chi connectivity index (χ0v) is 12.9. The minimum Gasteiger partial charge on any atom is -0.388 e. The third-order valence-electron chi connectivity index (χ3n) is 4.49. The Balaban J connectivity index is 1.71. The van der Waals surface area contributed by atoms with Crippen LogP contribution in [0.5, 0.6) is 0 Å². The molecule has 1 heterocycles. The van der Waals surface area contributed by atoms with Gasteiger partial charge in [0.25, 0.3) is 5.91 Å². The molecule has 5 nitrogen and oxygen atoms in total. The molecule has 0 atom stereocenters. The van der Waals surface area contributed by atoms with Crippen molar-refractivity contribution in [2.45, 2.75) is 64.0 Å². The van der Waals surface area contributed by atoms with E-state index in [2.05, 4.69) is 24.3 Å². The molecule has 2 saturated carbocycles. The highest BCUT2D eigenvalue weighted by Gasteiger charge is 2.36. The van der Waals surface area contributed by atoms with Crippen LogP contribution >= 0.6 is 0 Å². The average molecular weight is 291 g/mol. The van der Waals surface area contributed by atoms with E-state index in [0.717, 1.165) is 44.3 Å². The third-order valence-corrected chi connectivity index (χ3v) is 4.49. The Bertz CT molecular complexity index is 528. The Morgan fingerprint density at radius 2 is 2.24 bits per heavy atom. The molecule has 21 heavy (non-hydrogen) atoms. The summed E-state index contributed by atoms with van der Waals surface area (Å²) >= 11 is 0. The number of hydrogen-bond acceptors (Lipinski definition) is 3. The Hall–Kier alpha value is -1.36. The number of carbonyl (C=O) groups is 1.